The molecule has 2 heterocycles. The molecule has 0 radical (unpaired) electrons. The number of carboxylic acid groups (broad SMARTS) is 1. The van der Waals surface area contributed by atoms with Gasteiger partial charge in [-0.15, -0.1) is 0 Å². The first kappa shape index (κ1) is 17.3. The summed E-state index contributed by atoms with van der Waals surface area (Å²) in [6.45, 7) is 4.69. The number of rotatable bonds is 7. The van der Waals surface area contributed by atoms with E-state index in [1.807, 2.05) is 30.8 Å². The number of fused-ring (bicyclic) bond motifs is 1. The summed E-state index contributed by atoms with van der Waals surface area (Å²) in [4.78, 5) is 10.7. The molecule has 0 fully saturated rings. The van der Waals surface area contributed by atoms with Crippen molar-refractivity contribution in [1.82, 2.24) is 14.9 Å². The van der Waals surface area contributed by atoms with Gasteiger partial charge in [-0.2, -0.15) is 5.10 Å². The highest BCUT2D eigenvalue weighted by molar-refractivity contribution is 6.32. The number of carboxylic acids is 1. The Morgan fingerprint density at radius 3 is 2.96 bits per heavy atom. The van der Waals surface area contributed by atoms with E-state index in [0.29, 0.717) is 27.4 Å². The number of nitrogens with zero attached hydrogens (tertiary/aromatic N) is 3. The van der Waals surface area contributed by atoms with E-state index in [1.54, 1.807) is 12.1 Å². The molecule has 0 aliphatic carbocycles. The fourth-order valence-corrected chi connectivity index (χ4v) is 2.71. The number of hydrogen-bond donors (Lipinski definition) is 1. The zero-order valence-corrected chi connectivity index (χ0v) is 14.7. The van der Waals surface area contributed by atoms with Crippen molar-refractivity contribution in [2.75, 3.05) is 0 Å². The second kappa shape index (κ2) is 7.14. The number of ether oxygens (including phenoxy) is 1. The Morgan fingerprint density at radius 2 is 2.28 bits per heavy atom. The molecule has 1 N–H and O–H groups in total. The van der Waals surface area contributed by atoms with Crippen molar-refractivity contribution in [2.24, 2.45) is 0 Å². The molecule has 2 aromatic heterocycles. The van der Waals surface area contributed by atoms with E-state index in [-0.39, 0.29) is 18.9 Å². The molecule has 0 spiro atoms. The molecule has 3 aromatic rings. The zero-order chi connectivity index (χ0) is 18.0. The smallest absolute Gasteiger partial charge is 0.303 e. The second-order valence-electron chi connectivity index (χ2n) is 5.66. The first-order valence-corrected chi connectivity index (χ1v) is 8.35. The van der Waals surface area contributed by atoms with Gasteiger partial charge in [0.1, 0.15) is 17.5 Å². The van der Waals surface area contributed by atoms with Crippen LogP contribution in [0, 0.1) is 0 Å². The Labute approximate surface area is 149 Å². The largest absolute Gasteiger partial charge is 0.483 e. The average Bonchev–Trinajstić information content (AvgIpc) is 3.20. The van der Waals surface area contributed by atoms with Gasteiger partial charge in [0.05, 0.1) is 17.1 Å². The summed E-state index contributed by atoms with van der Waals surface area (Å²) in [5.41, 5.74) is 1.88. The highest BCUT2D eigenvalue weighted by Gasteiger charge is 2.17. The van der Waals surface area contributed by atoms with E-state index in [0.717, 1.165) is 12.2 Å². The summed E-state index contributed by atoms with van der Waals surface area (Å²) >= 11 is 6.32. The fraction of sp³-hybridized carbons (Fsp3) is 0.353. The van der Waals surface area contributed by atoms with Crippen LogP contribution in [0.2, 0.25) is 5.02 Å². The number of carbonyl (C=O) groups is 1. The third kappa shape index (κ3) is 3.76. The first-order valence-electron chi connectivity index (χ1n) is 7.97. The predicted octanol–water partition coefficient (Wildman–Crippen LogP) is 3.85. The van der Waals surface area contributed by atoms with Gasteiger partial charge in [-0.3, -0.25) is 9.48 Å². The van der Waals surface area contributed by atoms with Crippen LogP contribution in [0.4, 0.5) is 0 Å². The normalized spacial score (nSPS) is 12.4. The average molecular weight is 364 g/mol. The molecule has 25 heavy (non-hydrogen) atoms. The summed E-state index contributed by atoms with van der Waals surface area (Å²) < 4.78 is 13.0. The molecule has 0 amide bonds. The molecule has 132 valence electrons. The lowest BCUT2D eigenvalue weighted by Gasteiger charge is -2.13. The summed E-state index contributed by atoms with van der Waals surface area (Å²) in [6.07, 6.45) is 1.88. The van der Waals surface area contributed by atoms with Crippen LogP contribution in [0.5, 0.6) is 5.75 Å². The highest BCUT2D eigenvalue weighted by Crippen LogP contribution is 2.34. The van der Waals surface area contributed by atoms with Crippen molar-refractivity contribution in [3.63, 3.8) is 0 Å². The van der Waals surface area contributed by atoms with Gasteiger partial charge in [0.15, 0.2) is 5.58 Å². The lowest BCUT2D eigenvalue weighted by molar-refractivity contribution is -0.136. The molecular weight excluding hydrogens is 346 g/mol. The van der Waals surface area contributed by atoms with E-state index in [9.17, 15) is 4.79 Å². The predicted molar refractivity (Wildman–Crippen MR) is 91.9 cm³/mol. The molecule has 0 unspecified atom stereocenters. The number of halogens is 1. The molecule has 7 nitrogen and oxygen atoms in total. The topological polar surface area (TPSA) is 90.4 Å². The van der Waals surface area contributed by atoms with Crippen molar-refractivity contribution in [2.45, 2.75) is 39.3 Å². The van der Waals surface area contributed by atoms with Crippen LogP contribution < -0.4 is 4.74 Å². The maximum atomic E-state index is 10.7. The summed E-state index contributed by atoms with van der Waals surface area (Å²) in [5.74, 6) is -0.420. The van der Waals surface area contributed by atoms with Crippen molar-refractivity contribution in [1.29, 1.82) is 0 Å². The Morgan fingerprint density at radius 1 is 1.48 bits per heavy atom. The Balaban J connectivity index is 1.82. The standard InChI is InChI=1S/C17H18ClN3O4/c1-3-21-7-6-13(19-21)10(2)24-16-9-15-11(8-12(16)18)14(20-25-15)4-5-17(22)23/h6-10H,3-5H2,1-2H3,(H,22,23)/t10-/m0/s1. The second-order valence-corrected chi connectivity index (χ2v) is 6.07. The van der Waals surface area contributed by atoms with Crippen molar-refractivity contribution in [3.8, 4) is 5.75 Å². The van der Waals surface area contributed by atoms with Gasteiger partial charge in [-0.05, 0) is 26.0 Å². The molecule has 1 aromatic carbocycles. The fourth-order valence-electron chi connectivity index (χ4n) is 2.51. The molecule has 0 saturated heterocycles. The highest BCUT2D eigenvalue weighted by atomic mass is 35.5. The first-order chi connectivity index (χ1) is 12.0. The van der Waals surface area contributed by atoms with E-state index >= 15 is 0 Å². The minimum Gasteiger partial charge on any atom is -0.483 e. The van der Waals surface area contributed by atoms with Gasteiger partial charge in [0, 0.05) is 30.6 Å². The van der Waals surface area contributed by atoms with Gasteiger partial charge in [0.2, 0.25) is 0 Å². The molecule has 0 aliphatic heterocycles. The van der Waals surface area contributed by atoms with Gasteiger partial charge < -0.3 is 14.4 Å². The third-order valence-corrected chi connectivity index (χ3v) is 4.18. The van der Waals surface area contributed by atoms with Crippen LogP contribution >= 0.6 is 11.6 Å². The van der Waals surface area contributed by atoms with E-state index in [4.69, 9.17) is 26.0 Å². The Bertz CT molecular complexity index is 903. The van der Waals surface area contributed by atoms with Crippen molar-refractivity contribution in [3.05, 3.63) is 40.8 Å². The number of aryl methyl sites for hydroxylation is 2. The van der Waals surface area contributed by atoms with Crippen LogP contribution in [0.15, 0.2) is 28.9 Å². The zero-order valence-electron chi connectivity index (χ0n) is 13.9. The molecular formula is C17H18ClN3O4. The quantitative estimate of drug-likeness (QED) is 0.685. The van der Waals surface area contributed by atoms with Gasteiger partial charge >= 0.3 is 5.97 Å². The van der Waals surface area contributed by atoms with Crippen LogP contribution in [-0.4, -0.2) is 26.0 Å². The lowest BCUT2D eigenvalue weighted by Crippen LogP contribution is -2.06. The van der Waals surface area contributed by atoms with Gasteiger partial charge in [-0.25, -0.2) is 0 Å². The molecule has 8 heteroatoms. The monoisotopic (exact) mass is 363 g/mol. The van der Waals surface area contributed by atoms with Crippen LogP contribution in [-0.2, 0) is 17.8 Å². The summed E-state index contributed by atoms with van der Waals surface area (Å²) in [7, 11) is 0. The molecule has 0 bridgehead atoms. The summed E-state index contributed by atoms with van der Waals surface area (Å²) in [6, 6.07) is 5.26. The maximum Gasteiger partial charge on any atom is 0.303 e. The summed E-state index contributed by atoms with van der Waals surface area (Å²) in [5, 5.41) is 18.3. The van der Waals surface area contributed by atoms with Gasteiger partial charge in [0.25, 0.3) is 0 Å². The third-order valence-electron chi connectivity index (χ3n) is 3.88. The van der Waals surface area contributed by atoms with Crippen molar-refractivity contribution < 1.29 is 19.2 Å². The minimum absolute atomic E-state index is 0.0192. The van der Waals surface area contributed by atoms with E-state index in [1.165, 1.54) is 0 Å². The Kier molecular flexibility index (Phi) is 4.94. The molecule has 0 saturated carbocycles. The maximum absolute atomic E-state index is 10.7. The number of aliphatic carboxylic acids is 1. The Hall–Kier alpha value is -2.54. The van der Waals surface area contributed by atoms with Crippen molar-refractivity contribution >= 4 is 28.5 Å². The van der Waals surface area contributed by atoms with E-state index < -0.39 is 5.97 Å². The van der Waals surface area contributed by atoms with E-state index in [2.05, 4.69) is 10.3 Å². The SMILES string of the molecule is CCn1ccc([C@H](C)Oc2cc3onc(CCC(=O)O)c3cc2Cl)n1. The lowest BCUT2D eigenvalue weighted by atomic mass is 10.1. The van der Waals surface area contributed by atoms with Crippen LogP contribution in [0.3, 0.4) is 0 Å². The van der Waals surface area contributed by atoms with Crippen LogP contribution in [0.25, 0.3) is 11.0 Å². The number of hydrogen-bond acceptors (Lipinski definition) is 5. The number of aromatic nitrogens is 3. The van der Waals surface area contributed by atoms with Gasteiger partial charge in [-0.1, -0.05) is 16.8 Å². The molecule has 3 rings (SSSR count). The minimum atomic E-state index is -0.887. The number of benzene rings is 1. The van der Waals surface area contributed by atoms with Crippen LogP contribution in [0.1, 0.15) is 37.8 Å². The molecule has 1 atom stereocenters. The molecule has 0 aliphatic rings.